The van der Waals surface area contributed by atoms with E-state index in [2.05, 4.69) is 10.2 Å². The van der Waals surface area contributed by atoms with Gasteiger partial charge >= 0.3 is 0 Å². The predicted molar refractivity (Wildman–Crippen MR) is 90.0 cm³/mol. The van der Waals surface area contributed by atoms with Crippen molar-refractivity contribution in [2.75, 3.05) is 39.3 Å². The van der Waals surface area contributed by atoms with Gasteiger partial charge in [-0.25, -0.2) is 12.8 Å². The van der Waals surface area contributed by atoms with Crippen LogP contribution >= 0.6 is 12.4 Å². The summed E-state index contributed by atoms with van der Waals surface area (Å²) < 4.78 is 40.1. The van der Waals surface area contributed by atoms with Crippen molar-refractivity contribution in [3.05, 3.63) is 29.6 Å². The number of nitrogens with one attached hydrogen (secondary N) is 1. The SMILES string of the molecule is Cl.N#Cc1cc(S(=O)(=O)N2CCN(C3CCNC3)CC2)ccc1F. The second-order valence-corrected chi connectivity index (χ2v) is 7.78. The van der Waals surface area contributed by atoms with Crippen molar-refractivity contribution in [3.8, 4) is 6.07 Å². The fraction of sp³-hybridized carbons (Fsp3) is 0.533. The van der Waals surface area contributed by atoms with E-state index in [1.807, 2.05) is 0 Å². The van der Waals surface area contributed by atoms with Gasteiger partial charge in [-0.15, -0.1) is 12.4 Å². The minimum Gasteiger partial charge on any atom is -0.315 e. The van der Waals surface area contributed by atoms with Crippen LogP contribution in [0.1, 0.15) is 12.0 Å². The third-order valence-electron chi connectivity index (χ3n) is 4.52. The van der Waals surface area contributed by atoms with Crippen molar-refractivity contribution in [3.63, 3.8) is 0 Å². The summed E-state index contributed by atoms with van der Waals surface area (Å²) in [6, 6.07) is 5.53. The minimum atomic E-state index is -3.69. The minimum absolute atomic E-state index is 0. The van der Waals surface area contributed by atoms with E-state index in [0.717, 1.165) is 31.6 Å². The zero-order valence-electron chi connectivity index (χ0n) is 13.1. The van der Waals surface area contributed by atoms with Gasteiger partial charge in [-0.3, -0.25) is 4.90 Å². The van der Waals surface area contributed by atoms with E-state index in [0.29, 0.717) is 32.2 Å². The van der Waals surface area contributed by atoms with Crippen molar-refractivity contribution in [1.82, 2.24) is 14.5 Å². The third kappa shape index (κ3) is 3.71. The summed E-state index contributed by atoms with van der Waals surface area (Å²) in [6.07, 6.45) is 1.09. The van der Waals surface area contributed by atoms with Crippen LogP contribution in [0.5, 0.6) is 0 Å². The van der Waals surface area contributed by atoms with Gasteiger partial charge in [-0.1, -0.05) is 0 Å². The molecule has 132 valence electrons. The molecule has 2 saturated heterocycles. The molecule has 6 nitrogen and oxygen atoms in total. The first-order chi connectivity index (χ1) is 11.0. The van der Waals surface area contributed by atoms with Crippen LogP contribution in [0.2, 0.25) is 0 Å². The molecule has 9 heteroatoms. The van der Waals surface area contributed by atoms with Crippen LogP contribution < -0.4 is 5.32 Å². The highest BCUT2D eigenvalue weighted by molar-refractivity contribution is 7.89. The van der Waals surface area contributed by atoms with E-state index in [1.165, 1.54) is 10.4 Å². The molecule has 1 unspecified atom stereocenters. The summed E-state index contributed by atoms with van der Waals surface area (Å²) in [5.74, 6) is -0.704. The Labute approximate surface area is 147 Å². The molecule has 0 saturated carbocycles. The highest BCUT2D eigenvalue weighted by Crippen LogP contribution is 2.21. The molecule has 0 radical (unpaired) electrons. The predicted octanol–water partition coefficient (Wildman–Crippen LogP) is 0.787. The number of benzene rings is 1. The monoisotopic (exact) mass is 374 g/mol. The summed E-state index contributed by atoms with van der Waals surface area (Å²) in [4.78, 5) is 2.30. The Morgan fingerprint density at radius 2 is 1.96 bits per heavy atom. The Bertz CT molecular complexity index is 723. The average molecular weight is 375 g/mol. The lowest BCUT2D eigenvalue weighted by atomic mass is 10.2. The number of hydrogen-bond donors (Lipinski definition) is 1. The first-order valence-electron chi connectivity index (χ1n) is 7.67. The van der Waals surface area contributed by atoms with Gasteiger partial charge < -0.3 is 5.32 Å². The lowest BCUT2D eigenvalue weighted by molar-refractivity contribution is 0.145. The molecular weight excluding hydrogens is 355 g/mol. The Morgan fingerprint density at radius 1 is 1.25 bits per heavy atom. The van der Waals surface area contributed by atoms with Crippen molar-refractivity contribution >= 4 is 22.4 Å². The van der Waals surface area contributed by atoms with Crippen LogP contribution in [0.3, 0.4) is 0 Å². The zero-order chi connectivity index (χ0) is 16.4. The van der Waals surface area contributed by atoms with Gasteiger partial charge in [-0.2, -0.15) is 9.57 Å². The molecule has 1 aromatic rings. The fourth-order valence-corrected chi connectivity index (χ4v) is 4.61. The molecule has 2 aliphatic rings. The highest BCUT2D eigenvalue weighted by atomic mass is 35.5. The fourth-order valence-electron chi connectivity index (χ4n) is 3.16. The molecule has 1 N–H and O–H groups in total. The van der Waals surface area contributed by atoms with Crippen LogP contribution in [-0.4, -0.2) is 62.9 Å². The van der Waals surface area contributed by atoms with Gasteiger partial charge in [0, 0.05) is 38.8 Å². The summed E-state index contributed by atoms with van der Waals surface area (Å²) in [5, 5.41) is 12.2. The molecule has 0 amide bonds. The first kappa shape index (κ1) is 19.1. The number of halogens is 2. The lowest BCUT2D eigenvalue weighted by Gasteiger charge is -2.37. The number of rotatable bonds is 3. The van der Waals surface area contributed by atoms with Gasteiger partial charge in [0.15, 0.2) is 0 Å². The Morgan fingerprint density at radius 3 is 2.54 bits per heavy atom. The van der Waals surface area contributed by atoms with E-state index < -0.39 is 15.8 Å². The average Bonchev–Trinajstić information content (AvgIpc) is 3.09. The topological polar surface area (TPSA) is 76.4 Å². The molecule has 1 aromatic carbocycles. The quantitative estimate of drug-likeness (QED) is 0.846. The molecule has 2 heterocycles. The number of nitrogens with zero attached hydrogens (tertiary/aromatic N) is 3. The Kier molecular flexibility index (Phi) is 6.17. The molecule has 0 aliphatic carbocycles. The Balaban J connectivity index is 0.00000208. The molecule has 2 fully saturated rings. The van der Waals surface area contributed by atoms with E-state index >= 15 is 0 Å². The number of hydrogen-bond acceptors (Lipinski definition) is 5. The summed E-state index contributed by atoms with van der Waals surface area (Å²) in [5.41, 5.74) is -0.248. The van der Waals surface area contributed by atoms with Gasteiger partial charge in [0.05, 0.1) is 10.5 Å². The lowest BCUT2D eigenvalue weighted by Crippen LogP contribution is -2.52. The smallest absolute Gasteiger partial charge is 0.243 e. The summed E-state index contributed by atoms with van der Waals surface area (Å²) in [6.45, 7) is 4.18. The van der Waals surface area contributed by atoms with Crippen molar-refractivity contribution in [2.24, 2.45) is 0 Å². The molecule has 0 bridgehead atoms. The summed E-state index contributed by atoms with van der Waals surface area (Å²) in [7, 11) is -3.69. The van der Waals surface area contributed by atoms with Gasteiger partial charge in [0.2, 0.25) is 10.0 Å². The maximum absolute atomic E-state index is 13.4. The van der Waals surface area contributed by atoms with E-state index in [4.69, 9.17) is 5.26 Å². The summed E-state index contributed by atoms with van der Waals surface area (Å²) >= 11 is 0. The maximum Gasteiger partial charge on any atom is 0.243 e. The molecule has 0 aromatic heterocycles. The second kappa shape index (κ2) is 7.76. The molecule has 1 atom stereocenters. The molecule has 24 heavy (non-hydrogen) atoms. The standard InChI is InChI=1S/C15H19FN4O2S.ClH/c16-15-2-1-14(9-12(15)10-17)23(21,22)20-7-5-19(6-8-20)13-3-4-18-11-13;/h1-2,9,13,18H,3-8,11H2;1H. The molecule has 0 spiro atoms. The normalized spacial score (nSPS) is 22.8. The number of nitriles is 1. The van der Waals surface area contributed by atoms with Crippen LogP contribution in [0, 0.1) is 17.1 Å². The van der Waals surface area contributed by atoms with Crippen LogP contribution in [0.15, 0.2) is 23.1 Å². The molecular formula is C15H20ClFN4O2S. The van der Waals surface area contributed by atoms with Gasteiger partial charge in [0.25, 0.3) is 0 Å². The maximum atomic E-state index is 13.4. The van der Waals surface area contributed by atoms with Crippen molar-refractivity contribution < 1.29 is 12.8 Å². The Hall–Kier alpha value is -1.24. The zero-order valence-corrected chi connectivity index (χ0v) is 14.7. The third-order valence-corrected chi connectivity index (χ3v) is 6.41. The van der Waals surface area contributed by atoms with E-state index in [9.17, 15) is 12.8 Å². The largest absolute Gasteiger partial charge is 0.315 e. The molecule has 2 aliphatic heterocycles. The second-order valence-electron chi connectivity index (χ2n) is 5.84. The van der Waals surface area contributed by atoms with Crippen LogP contribution in [-0.2, 0) is 10.0 Å². The number of sulfonamides is 1. The number of piperazine rings is 1. The highest BCUT2D eigenvalue weighted by Gasteiger charge is 2.32. The van der Waals surface area contributed by atoms with Crippen molar-refractivity contribution in [2.45, 2.75) is 17.4 Å². The van der Waals surface area contributed by atoms with Gasteiger partial charge in [0.1, 0.15) is 11.9 Å². The van der Waals surface area contributed by atoms with Crippen LogP contribution in [0.25, 0.3) is 0 Å². The first-order valence-corrected chi connectivity index (χ1v) is 9.11. The van der Waals surface area contributed by atoms with E-state index in [-0.39, 0.29) is 22.9 Å². The van der Waals surface area contributed by atoms with Crippen molar-refractivity contribution in [1.29, 1.82) is 5.26 Å². The van der Waals surface area contributed by atoms with E-state index in [1.54, 1.807) is 6.07 Å². The van der Waals surface area contributed by atoms with Gasteiger partial charge in [-0.05, 0) is 31.2 Å². The molecule has 3 rings (SSSR count). The van der Waals surface area contributed by atoms with Crippen LogP contribution in [0.4, 0.5) is 4.39 Å².